The van der Waals surface area contributed by atoms with E-state index in [1.54, 1.807) is 12.1 Å². The molecule has 0 unspecified atom stereocenters. The monoisotopic (exact) mass is 555 g/mol. The third-order valence-electron chi connectivity index (χ3n) is 9.05. The van der Waals surface area contributed by atoms with Crippen LogP contribution in [0.3, 0.4) is 0 Å². The van der Waals surface area contributed by atoms with Crippen LogP contribution in [-0.2, 0) is 6.42 Å². The Hall–Kier alpha value is -5.68. The molecular weight excluding hydrogens is 530 g/mol. The molecule has 0 atom stereocenters. The number of hydrogen-bond acceptors (Lipinski definition) is 2. The van der Waals surface area contributed by atoms with Gasteiger partial charge in [0.25, 0.3) is 5.69 Å². The van der Waals surface area contributed by atoms with Gasteiger partial charge in [0.05, 0.1) is 27.0 Å². The summed E-state index contributed by atoms with van der Waals surface area (Å²) in [6.45, 7) is 0. The summed E-state index contributed by atoms with van der Waals surface area (Å²) >= 11 is 0. The van der Waals surface area contributed by atoms with Gasteiger partial charge >= 0.3 is 0 Å². The largest absolute Gasteiger partial charge is 0.309 e. The van der Waals surface area contributed by atoms with Gasteiger partial charge < -0.3 is 9.13 Å². The predicted molar refractivity (Wildman–Crippen MR) is 176 cm³/mol. The normalized spacial score (nSPS) is 13.0. The number of nitro benzene ring substituents is 1. The quantitative estimate of drug-likeness (QED) is 0.123. The van der Waals surface area contributed by atoms with Crippen LogP contribution in [0.4, 0.5) is 5.69 Å². The van der Waals surface area contributed by atoms with Crippen molar-refractivity contribution in [1.29, 1.82) is 0 Å². The zero-order valence-electron chi connectivity index (χ0n) is 23.2. The molecule has 204 valence electrons. The van der Waals surface area contributed by atoms with E-state index in [1.165, 1.54) is 32.9 Å². The minimum atomic E-state index is -0.285. The number of para-hydroxylation sites is 3. The molecule has 2 heterocycles. The van der Waals surface area contributed by atoms with Gasteiger partial charge in [0.1, 0.15) is 0 Å². The van der Waals surface area contributed by atoms with E-state index < -0.39 is 0 Å². The predicted octanol–water partition coefficient (Wildman–Crippen LogP) is 9.85. The molecule has 43 heavy (non-hydrogen) atoms. The van der Waals surface area contributed by atoms with Crippen LogP contribution in [0.1, 0.15) is 17.7 Å². The zero-order chi connectivity index (χ0) is 28.7. The second-order valence-electron chi connectivity index (χ2n) is 11.3. The molecule has 0 saturated carbocycles. The first kappa shape index (κ1) is 24.0. The molecule has 0 aliphatic heterocycles. The molecule has 1 aliphatic carbocycles. The Kier molecular flexibility index (Phi) is 4.97. The maximum atomic E-state index is 12.0. The first-order chi connectivity index (χ1) is 21.2. The van der Waals surface area contributed by atoms with E-state index in [2.05, 4.69) is 100 Å². The summed E-state index contributed by atoms with van der Waals surface area (Å²) in [6, 6.07) is 39.1. The molecule has 5 nitrogen and oxygen atoms in total. The number of allylic oxidation sites excluding steroid dienone is 1. The lowest BCUT2D eigenvalue weighted by atomic mass is 9.91. The van der Waals surface area contributed by atoms with Crippen LogP contribution >= 0.6 is 0 Å². The van der Waals surface area contributed by atoms with Crippen molar-refractivity contribution < 1.29 is 4.92 Å². The van der Waals surface area contributed by atoms with Crippen LogP contribution in [0.2, 0.25) is 0 Å². The number of fused-ring (bicyclic) bond motifs is 4. The third-order valence-corrected chi connectivity index (χ3v) is 9.05. The fourth-order valence-electron chi connectivity index (χ4n) is 7.35. The molecule has 0 amide bonds. The standard InChI is InChI=1S/C38H25N3O2/c42-41(43)32-18-10-7-15-27(32)26-21-22-33-37-28(26)19-20-30-36-29-16-8-9-17-31(29)39(24-11-3-1-4-12-24)34(36)23-35(38(30)37)40(33)25-13-5-2-6-14-25/h1-7,9-15,17-23H,8,16H2. The molecule has 0 spiro atoms. The van der Waals surface area contributed by atoms with E-state index in [0.29, 0.717) is 5.56 Å². The fourth-order valence-corrected chi connectivity index (χ4v) is 7.35. The van der Waals surface area contributed by atoms with E-state index in [0.717, 1.165) is 51.6 Å². The molecule has 0 radical (unpaired) electrons. The second kappa shape index (κ2) is 8.91. The lowest BCUT2D eigenvalue weighted by Gasteiger charge is -2.12. The number of aryl methyl sites for hydroxylation is 1. The van der Waals surface area contributed by atoms with E-state index >= 15 is 0 Å². The number of aromatic nitrogens is 2. The smallest absolute Gasteiger partial charge is 0.277 e. The summed E-state index contributed by atoms with van der Waals surface area (Å²) in [7, 11) is 0. The van der Waals surface area contributed by atoms with Crippen molar-refractivity contribution in [3.8, 4) is 22.5 Å². The summed E-state index contributed by atoms with van der Waals surface area (Å²) < 4.78 is 4.76. The first-order valence-electron chi connectivity index (χ1n) is 14.6. The van der Waals surface area contributed by atoms with Crippen LogP contribution < -0.4 is 0 Å². The highest BCUT2D eigenvalue weighted by Gasteiger charge is 2.27. The molecular formula is C38H25N3O2. The van der Waals surface area contributed by atoms with E-state index in [9.17, 15) is 10.1 Å². The molecule has 0 N–H and O–H groups in total. The Morgan fingerprint density at radius 2 is 1.26 bits per heavy atom. The van der Waals surface area contributed by atoms with Gasteiger partial charge in [-0.1, -0.05) is 72.8 Å². The van der Waals surface area contributed by atoms with Crippen LogP contribution in [0.15, 0.2) is 121 Å². The SMILES string of the molecule is O=[N+]([O-])c1ccccc1-c1ccc2c3c1ccc1c4c5c(n(-c6ccccc6)c4cc(c13)n2-c1ccccc1)C=CCC5. The van der Waals surface area contributed by atoms with Crippen molar-refractivity contribution in [2.24, 2.45) is 0 Å². The molecule has 0 bridgehead atoms. The van der Waals surface area contributed by atoms with E-state index in [-0.39, 0.29) is 10.6 Å². The molecule has 9 rings (SSSR count). The zero-order valence-corrected chi connectivity index (χ0v) is 23.2. The van der Waals surface area contributed by atoms with Gasteiger partial charge in [-0.2, -0.15) is 0 Å². The number of rotatable bonds is 4. The maximum Gasteiger partial charge on any atom is 0.277 e. The Morgan fingerprint density at radius 3 is 2.02 bits per heavy atom. The Labute approximate surface area is 247 Å². The third kappa shape index (κ3) is 3.27. The molecule has 8 aromatic rings. The molecule has 6 aromatic carbocycles. The van der Waals surface area contributed by atoms with Gasteiger partial charge in [-0.25, -0.2) is 0 Å². The van der Waals surface area contributed by atoms with Crippen molar-refractivity contribution >= 4 is 55.2 Å². The lowest BCUT2D eigenvalue weighted by Crippen LogP contribution is -2.00. The maximum absolute atomic E-state index is 12.0. The molecule has 2 aromatic heterocycles. The van der Waals surface area contributed by atoms with Crippen LogP contribution in [0.25, 0.3) is 72.1 Å². The lowest BCUT2D eigenvalue weighted by molar-refractivity contribution is -0.384. The van der Waals surface area contributed by atoms with Gasteiger partial charge in [0, 0.05) is 39.3 Å². The van der Waals surface area contributed by atoms with Gasteiger partial charge in [-0.3, -0.25) is 10.1 Å². The summed E-state index contributed by atoms with van der Waals surface area (Å²) in [5, 5.41) is 17.9. The van der Waals surface area contributed by atoms with Crippen LogP contribution in [0, 0.1) is 10.1 Å². The summed E-state index contributed by atoms with van der Waals surface area (Å²) in [5.41, 5.74) is 9.90. The van der Waals surface area contributed by atoms with Gasteiger partial charge in [-0.15, -0.1) is 0 Å². The van der Waals surface area contributed by atoms with Gasteiger partial charge in [0.2, 0.25) is 0 Å². The van der Waals surface area contributed by atoms with Crippen molar-refractivity contribution in [3.05, 3.63) is 143 Å². The van der Waals surface area contributed by atoms with E-state index in [1.807, 2.05) is 24.3 Å². The summed E-state index contributed by atoms with van der Waals surface area (Å²) in [4.78, 5) is 11.8. The molecule has 1 aliphatic rings. The average molecular weight is 556 g/mol. The topological polar surface area (TPSA) is 53.0 Å². The van der Waals surface area contributed by atoms with Crippen molar-refractivity contribution in [3.63, 3.8) is 0 Å². The van der Waals surface area contributed by atoms with Crippen molar-refractivity contribution in [2.75, 3.05) is 0 Å². The molecule has 0 saturated heterocycles. The van der Waals surface area contributed by atoms with Crippen molar-refractivity contribution in [2.45, 2.75) is 12.8 Å². The minimum absolute atomic E-state index is 0.118. The average Bonchev–Trinajstić information content (AvgIpc) is 3.57. The minimum Gasteiger partial charge on any atom is -0.309 e. The van der Waals surface area contributed by atoms with Crippen LogP contribution in [-0.4, -0.2) is 14.1 Å². The van der Waals surface area contributed by atoms with Crippen molar-refractivity contribution in [1.82, 2.24) is 9.13 Å². The molecule has 5 heteroatoms. The van der Waals surface area contributed by atoms with Crippen LogP contribution in [0.5, 0.6) is 0 Å². The highest BCUT2D eigenvalue weighted by molar-refractivity contribution is 6.32. The van der Waals surface area contributed by atoms with Gasteiger partial charge in [0.15, 0.2) is 0 Å². The highest BCUT2D eigenvalue weighted by atomic mass is 16.6. The summed E-state index contributed by atoms with van der Waals surface area (Å²) in [6.07, 6.45) is 6.55. The number of benzene rings is 6. The number of nitrogens with zero attached hydrogens (tertiary/aromatic N) is 3. The Bertz CT molecular complexity index is 2410. The summed E-state index contributed by atoms with van der Waals surface area (Å²) in [5.74, 6) is 0. The fraction of sp³-hybridized carbons (Fsp3) is 0.0526. The van der Waals surface area contributed by atoms with E-state index in [4.69, 9.17) is 0 Å². The number of nitro groups is 1. The molecule has 0 fully saturated rings. The highest BCUT2D eigenvalue weighted by Crippen LogP contribution is 2.48. The first-order valence-corrected chi connectivity index (χ1v) is 14.6. The number of hydrogen-bond donors (Lipinski definition) is 0. The Balaban J connectivity index is 1.49. The van der Waals surface area contributed by atoms with Gasteiger partial charge in [-0.05, 0) is 83.3 Å². The second-order valence-corrected chi connectivity index (χ2v) is 11.3. The Morgan fingerprint density at radius 1 is 0.605 bits per heavy atom.